The second-order valence-electron chi connectivity index (χ2n) is 7.07. The number of nitrogens with zero attached hydrogens (tertiary/aromatic N) is 1. The maximum Gasteiger partial charge on any atom is 0.573 e. The molecule has 0 fully saturated rings. The molecule has 3 aromatic carbocycles. The van der Waals surface area contributed by atoms with Gasteiger partial charge in [0.05, 0.1) is 12.6 Å². The van der Waals surface area contributed by atoms with Crippen molar-refractivity contribution in [1.29, 1.82) is 0 Å². The molecule has 0 radical (unpaired) electrons. The molecule has 176 valence electrons. The minimum absolute atomic E-state index is 0.0114. The third-order valence-corrected chi connectivity index (χ3v) is 4.63. The molecular formula is C23H19F3N4O4. The predicted molar refractivity (Wildman–Crippen MR) is 119 cm³/mol. The van der Waals surface area contributed by atoms with E-state index in [1.807, 2.05) is 0 Å². The Hall–Kier alpha value is -4.41. The van der Waals surface area contributed by atoms with Gasteiger partial charge in [-0.05, 0) is 48.0 Å². The molecule has 4 rings (SSSR count). The molecule has 2 amide bonds. The average molecular weight is 472 g/mol. The second kappa shape index (κ2) is 9.61. The fourth-order valence-corrected chi connectivity index (χ4v) is 3.15. The first-order valence-electron chi connectivity index (χ1n) is 9.97. The van der Waals surface area contributed by atoms with Crippen LogP contribution in [0.25, 0.3) is 10.9 Å². The summed E-state index contributed by atoms with van der Waals surface area (Å²) < 4.78 is 52.1. The molecule has 0 spiro atoms. The van der Waals surface area contributed by atoms with E-state index in [1.54, 1.807) is 48.5 Å². The summed E-state index contributed by atoms with van der Waals surface area (Å²) in [6.07, 6.45) is -4.77. The number of amides is 2. The Morgan fingerprint density at radius 2 is 1.76 bits per heavy atom. The van der Waals surface area contributed by atoms with Crippen molar-refractivity contribution in [1.82, 2.24) is 10.2 Å². The molecule has 11 heteroatoms. The van der Waals surface area contributed by atoms with Crippen LogP contribution in [0.5, 0.6) is 17.2 Å². The van der Waals surface area contributed by atoms with Crippen LogP contribution in [-0.4, -0.2) is 29.7 Å². The van der Waals surface area contributed by atoms with Crippen LogP contribution in [-0.2, 0) is 6.61 Å². The van der Waals surface area contributed by atoms with Crippen molar-refractivity contribution in [2.75, 3.05) is 17.7 Å². The van der Waals surface area contributed by atoms with Crippen LogP contribution in [0.1, 0.15) is 5.56 Å². The Balaban J connectivity index is 1.43. The monoisotopic (exact) mass is 472 g/mol. The standard InChI is InChI=1S/C23H19F3N4O4/c1-32-16-6-3-5-15(11-16)27-22(31)28-21-19-12-17(8-9-20(19)29-30-21)33-13-14-4-2-7-18(10-14)34-23(24,25)26/h2-12H,13H2,1H3,(H3,27,28,29,30,31). The summed E-state index contributed by atoms with van der Waals surface area (Å²) in [5, 5.41) is 12.9. The number of rotatable bonds is 7. The van der Waals surface area contributed by atoms with Crippen molar-refractivity contribution in [3.8, 4) is 17.2 Å². The van der Waals surface area contributed by atoms with E-state index in [2.05, 4.69) is 25.6 Å². The lowest BCUT2D eigenvalue weighted by Crippen LogP contribution is -2.19. The molecule has 0 aliphatic carbocycles. The van der Waals surface area contributed by atoms with Gasteiger partial charge in [0.15, 0.2) is 5.82 Å². The van der Waals surface area contributed by atoms with Gasteiger partial charge in [0.1, 0.15) is 23.9 Å². The highest BCUT2D eigenvalue weighted by Crippen LogP contribution is 2.27. The maximum absolute atomic E-state index is 12.4. The van der Waals surface area contributed by atoms with Crippen LogP contribution < -0.4 is 24.8 Å². The van der Waals surface area contributed by atoms with Crippen molar-refractivity contribution in [2.45, 2.75) is 13.0 Å². The maximum atomic E-state index is 12.4. The van der Waals surface area contributed by atoms with E-state index in [-0.39, 0.29) is 18.2 Å². The third-order valence-electron chi connectivity index (χ3n) is 4.63. The Morgan fingerprint density at radius 3 is 2.56 bits per heavy atom. The van der Waals surface area contributed by atoms with Gasteiger partial charge in [-0.3, -0.25) is 10.4 Å². The molecule has 0 aliphatic heterocycles. The van der Waals surface area contributed by atoms with Crippen molar-refractivity contribution < 1.29 is 32.2 Å². The number of nitrogens with one attached hydrogen (secondary N) is 3. The van der Waals surface area contributed by atoms with Gasteiger partial charge in [0, 0.05) is 17.1 Å². The number of hydrogen-bond acceptors (Lipinski definition) is 5. The van der Waals surface area contributed by atoms with Crippen molar-refractivity contribution in [2.24, 2.45) is 0 Å². The molecule has 34 heavy (non-hydrogen) atoms. The lowest BCUT2D eigenvalue weighted by atomic mass is 10.2. The topological polar surface area (TPSA) is 97.5 Å². The average Bonchev–Trinajstić information content (AvgIpc) is 3.18. The van der Waals surface area contributed by atoms with E-state index in [1.165, 1.54) is 25.3 Å². The van der Waals surface area contributed by atoms with Gasteiger partial charge in [-0.2, -0.15) is 5.10 Å². The Morgan fingerprint density at radius 1 is 0.971 bits per heavy atom. The van der Waals surface area contributed by atoms with Gasteiger partial charge < -0.3 is 19.5 Å². The Labute approximate surface area is 191 Å². The van der Waals surface area contributed by atoms with Crippen LogP contribution in [0.2, 0.25) is 0 Å². The molecule has 3 N–H and O–H groups in total. The van der Waals surface area contributed by atoms with Crippen LogP contribution in [0.15, 0.2) is 66.7 Å². The van der Waals surface area contributed by atoms with Gasteiger partial charge in [-0.15, -0.1) is 13.2 Å². The van der Waals surface area contributed by atoms with E-state index in [0.717, 1.165) is 0 Å². The summed E-state index contributed by atoms with van der Waals surface area (Å²) in [7, 11) is 1.53. The second-order valence-corrected chi connectivity index (χ2v) is 7.07. The SMILES string of the molecule is COc1cccc(NC(=O)Nc2n[nH]c3ccc(OCc4cccc(OC(F)(F)F)c4)cc23)c1. The number of alkyl halides is 3. The molecule has 0 bridgehead atoms. The third kappa shape index (κ3) is 5.88. The molecule has 1 aromatic heterocycles. The van der Waals surface area contributed by atoms with Crippen LogP contribution in [0, 0.1) is 0 Å². The molecular weight excluding hydrogens is 453 g/mol. The van der Waals surface area contributed by atoms with Gasteiger partial charge in [0.25, 0.3) is 0 Å². The molecule has 0 unspecified atom stereocenters. The number of ether oxygens (including phenoxy) is 3. The Kier molecular flexibility index (Phi) is 6.44. The lowest BCUT2D eigenvalue weighted by molar-refractivity contribution is -0.274. The first-order chi connectivity index (χ1) is 16.3. The van der Waals surface area contributed by atoms with Crippen LogP contribution >= 0.6 is 0 Å². The number of anilines is 2. The molecule has 0 saturated carbocycles. The molecule has 0 atom stereocenters. The van der Waals surface area contributed by atoms with E-state index in [4.69, 9.17) is 9.47 Å². The summed E-state index contributed by atoms with van der Waals surface area (Å²) in [6.45, 7) is 0.0114. The number of halogens is 3. The Bertz CT molecular complexity index is 1310. The minimum Gasteiger partial charge on any atom is -0.497 e. The quantitative estimate of drug-likeness (QED) is 0.321. The normalized spacial score (nSPS) is 11.2. The van der Waals surface area contributed by atoms with Gasteiger partial charge >= 0.3 is 12.4 Å². The van der Waals surface area contributed by atoms with E-state index < -0.39 is 12.4 Å². The summed E-state index contributed by atoms with van der Waals surface area (Å²) in [6, 6.07) is 17.0. The zero-order chi connectivity index (χ0) is 24.1. The highest BCUT2D eigenvalue weighted by molar-refractivity contribution is 6.04. The van der Waals surface area contributed by atoms with Gasteiger partial charge in [0.2, 0.25) is 0 Å². The largest absolute Gasteiger partial charge is 0.573 e. The number of urea groups is 1. The molecule has 8 nitrogen and oxygen atoms in total. The number of H-pyrrole nitrogens is 1. The highest BCUT2D eigenvalue weighted by atomic mass is 19.4. The van der Waals surface area contributed by atoms with E-state index in [0.29, 0.717) is 33.7 Å². The summed E-state index contributed by atoms with van der Waals surface area (Å²) >= 11 is 0. The summed E-state index contributed by atoms with van der Waals surface area (Å²) in [5.41, 5.74) is 1.69. The van der Waals surface area contributed by atoms with Gasteiger partial charge in [-0.1, -0.05) is 18.2 Å². The number of carbonyl (C=O) groups is 1. The number of aromatic amines is 1. The van der Waals surface area contributed by atoms with E-state index in [9.17, 15) is 18.0 Å². The molecule has 0 saturated heterocycles. The molecule has 4 aromatic rings. The summed E-state index contributed by atoms with van der Waals surface area (Å²) in [5.74, 6) is 0.987. The number of fused-ring (bicyclic) bond motifs is 1. The first-order valence-corrected chi connectivity index (χ1v) is 9.97. The number of aromatic nitrogens is 2. The number of benzene rings is 3. The highest BCUT2D eigenvalue weighted by Gasteiger charge is 2.31. The number of hydrogen-bond donors (Lipinski definition) is 3. The van der Waals surface area contributed by atoms with Crippen molar-refractivity contribution in [3.63, 3.8) is 0 Å². The van der Waals surface area contributed by atoms with Crippen LogP contribution in [0.3, 0.4) is 0 Å². The smallest absolute Gasteiger partial charge is 0.497 e. The van der Waals surface area contributed by atoms with Gasteiger partial charge in [-0.25, -0.2) is 4.79 Å². The van der Waals surface area contributed by atoms with Crippen molar-refractivity contribution >= 4 is 28.4 Å². The first kappa shape index (κ1) is 22.8. The van der Waals surface area contributed by atoms with Crippen molar-refractivity contribution in [3.05, 3.63) is 72.3 Å². The zero-order valence-electron chi connectivity index (χ0n) is 17.8. The number of methoxy groups -OCH3 is 1. The van der Waals surface area contributed by atoms with E-state index >= 15 is 0 Å². The predicted octanol–water partition coefficient (Wildman–Crippen LogP) is 5.69. The minimum atomic E-state index is -4.77. The fraction of sp³-hybridized carbons (Fsp3) is 0.130. The zero-order valence-corrected chi connectivity index (χ0v) is 17.8. The molecule has 1 heterocycles. The van der Waals surface area contributed by atoms with Crippen LogP contribution in [0.4, 0.5) is 29.5 Å². The lowest BCUT2D eigenvalue weighted by Gasteiger charge is -2.11. The fourth-order valence-electron chi connectivity index (χ4n) is 3.15. The number of carbonyl (C=O) groups excluding carboxylic acids is 1. The molecule has 0 aliphatic rings. The summed E-state index contributed by atoms with van der Waals surface area (Å²) in [4.78, 5) is 12.4.